The summed E-state index contributed by atoms with van der Waals surface area (Å²) in [5.74, 6) is 0.0301. The number of ether oxygens (including phenoxy) is 1. The van der Waals surface area contributed by atoms with Crippen LogP contribution in [0.25, 0.3) is 0 Å². The maximum Gasteiger partial charge on any atom is 0.311 e. The molecule has 116 valence electrons. The molecule has 0 fully saturated rings. The summed E-state index contributed by atoms with van der Waals surface area (Å²) in [6.07, 6.45) is 0. The third kappa shape index (κ3) is 5.68. The van der Waals surface area contributed by atoms with Crippen LogP contribution in [0.15, 0.2) is 18.2 Å². The van der Waals surface area contributed by atoms with Gasteiger partial charge in [0.25, 0.3) is 0 Å². The largest absolute Gasteiger partial charge is 0.487 e. The summed E-state index contributed by atoms with van der Waals surface area (Å²) in [6.45, 7) is 7.84. The summed E-state index contributed by atoms with van der Waals surface area (Å²) in [6, 6.07) is 4.42. The first-order valence-electron chi connectivity index (χ1n) is 6.69. The van der Waals surface area contributed by atoms with Gasteiger partial charge in [0.05, 0.1) is 18.1 Å². The molecule has 0 spiro atoms. The lowest BCUT2D eigenvalue weighted by molar-refractivity contribution is -0.385. The molecule has 0 aromatic heterocycles. The Balaban J connectivity index is 2.74. The van der Waals surface area contributed by atoms with Gasteiger partial charge in [-0.15, -0.1) is 0 Å². The summed E-state index contributed by atoms with van der Waals surface area (Å²) < 4.78 is 5.24. The highest BCUT2D eigenvalue weighted by atomic mass is 16.6. The van der Waals surface area contributed by atoms with Crippen LogP contribution in [0, 0.1) is 10.1 Å². The van der Waals surface area contributed by atoms with Gasteiger partial charge in [-0.05, 0) is 33.8 Å². The van der Waals surface area contributed by atoms with Gasteiger partial charge in [-0.25, -0.2) is 0 Å². The van der Waals surface area contributed by atoms with Crippen LogP contribution in [0.1, 0.15) is 27.7 Å². The van der Waals surface area contributed by atoms with Gasteiger partial charge in [0.1, 0.15) is 0 Å². The number of amides is 1. The molecule has 0 aliphatic heterocycles. The molecule has 0 aliphatic rings. The van der Waals surface area contributed by atoms with Gasteiger partial charge in [0.15, 0.2) is 5.75 Å². The van der Waals surface area contributed by atoms with E-state index in [1.165, 1.54) is 12.1 Å². The van der Waals surface area contributed by atoms with E-state index >= 15 is 0 Å². The summed E-state index contributed by atoms with van der Waals surface area (Å²) in [4.78, 5) is 22.1. The summed E-state index contributed by atoms with van der Waals surface area (Å²) in [5, 5.41) is 16.6. The highest BCUT2D eigenvalue weighted by molar-refractivity contribution is 5.81. The molecule has 1 rings (SSSR count). The second-order valence-corrected chi connectivity index (χ2v) is 5.52. The average Bonchev–Trinajstić information content (AvgIpc) is 2.34. The van der Waals surface area contributed by atoms with Gasteiger partial charge >= 0.3 is 5.69 Å². The van der Waals surface area contributed by atoms with Gasteiger partial charge in [0, 0.05) is 23.4 Å². The quantitative estimate of drug-likeness (QED) is 0.620. The van der Waals surface area contributed by atoms with Crippen molar-refractivity contribution in [2.75, 3.05) is 18.5 Å². The smallest absolute Gasteiger partial charge is 0.311 e. The first kappa shape index (κ1) is 16.7. The fourth-order valence-corrected chi connectivity index (χ4v) is 1.69. The Kier molecular flexibility index (Phi) is 5.52. The first-order chi connectivity index (χ1) is 9.73. The predicted molar refractivity (Wildman–Crippen MR) is 80.7 cm³/mol. The van der Waals surface area contributed by atoms with E-state index in [1.54, 1.807) is 13.0 Å². The molecule has 7 heteroatoms. The molecule has 0 radical (unpaired) electrons. The van der Waals surface area contributed by atoms with Crippen molar-refractivity contribution in [3.63, 3.8) is 0 Å². The van der Waals surface area contributed by atoms with E-state index in [-0.39, 0.29) is 29.4 Å². The van der Waals surface area contributed by atoms with Gasteiger partial charge in [-0.2, -0.15) is 0 Å². The summed E-state index contributed by atoms with van der Waals surface area (Å²) in [5.41, 5.74) is 0.194. The van der Waals surface area contributed by atoms with Crippen molar-refractivity contribution in [3.05, 3.63) is 28.3 Å². The van der Waals surface area contributed by atoms with E-state index in [0.717, 1.165) is 0 Å². The van der Waals surface area contributed by atoms with Crippen LogP contribution in [-0.2, 0) is 4.79 Å². The number of nitrogens with zero attached hydrogens (tertiary/aromatic N) is 1. The molecule has 1 aromatic carbocycles. The van der Waals surface area contributed by atoms with Crippen LogP contribution in [-0.4, -0.2) is 29.5 Å². The molecule has 0 saturated carbocycles. The molecule has 1 amide bonds. The number of nitro groups is 1. The molecular weight excluding hydrogens is 274 g/mol. The Hall–Kier alpha value is -2.31. The van der Waals surface area contributed by atoms with Gasteiger partial charge < -0.3 is 15.4 Å². The Morgan fingerprint density at radius 1 is 1.38 bits per heavy atom. The first-order valence-corrected chi connectivity index (χ1v) is 6.69. The lowest BCUT2D eigenvalue weighted by Gasteiger charge is -2.20. The highest BCUT2D eigenvalue weighted by Gasteiger charge is 2.16. The van der Waals surface area contributed by atoms with Crippen molar-refractivity contribution in [1.82, 2.24) is 5.32 Å². The van der Waals surface area contributed by atoms with Gasteiger partial charge in [-0.3, -0.25) is 14.9 Å². The Morgan fingerprint density at radius 3 is 2.57 bits per heavy atom. The van der Waals surface area contributed by atoms with Crippen LogP contribution in [0.2, 0.25) is 0 Å². The molecule has 0 aliphatic carbocycles. The molecule has 0 atom stereocenters. The van der Waals surface area contributed by atoms with E-state index in [1.807, 2.05) is 20.8 Å². The Morgan fingerprint density at radius 2 is 2.05 bits per heavy atom. The fraction of sp³-hybridized carbons (Fsp3) is 0.500. The second kappa shape index (κ2) is 6.92. The average molecular weight is 295 g/mol. The van der Waals surface area contributed by atoms with Crippen molar-refractivity contribution in [2.45, 2.75) is 33.2 Å². The zero-order chi connectivity index (χ0) is 16.0. The zero-order valence-corrected chi connectivity index (χ0v) is 12.7. The number of carbonyl (C=O) groups is 1. The highest BCUT2D eigenvalue weighted by Crippen LogP contribution is 2.29. The lowest BCUT2D eigenvalue weighted by atomic mass is 10.1. The van der Waals surface area contributed by atoms with Crippen LogP contribution in [0.3, 0.4) is 0 Å². The number of benzene rings is 1. The van der Waals surface area contributed by atoms with Crippen LogP contribution < -0.4 is 15.4 Å². The Bertz CT molecular complexity index is 523. The topological polar surface area (TPSA) is 93.5 Å². The van der Waals surface area contributed by atoms with E-state index < -0.39 is 4.92 Å². The summed E-state index contributed by atoms with van der Waals surface area (Å²) in [7, 11) is 0. The Labute approximate surface area is 123 Å². The molecule has 0 unspecified atom stereocenters. The van der Waals surface area contributed by atoms with Crippen molar-refractivity contribution >= 4 is 17.3 Å². The lowest BCUT2D eigenvalue weighted by Crippen LogP contribution is -2.43. The number of carbonyl (C=O) groups excluding carboxylic acids is 1. The molecule has 1 aromatic rings. The van der Waals surface area contributed by atoms with E-state index in [2.05, 4.69) is 10.6 Å². The standard InChI is InChI=1S/C14H21N3O4/c1-5-21-12-8-10(6-7-11(12)17(19)20)15-9-13(18)16-14(2,3)4/h6-8,15H,5,9H2,1-4H3,(H,16,18). The van der Waals surface area contributed by atoms with E-state index in [4.69, 9.17) is 4.74 Å². The van der Waals surface area contributed by atoms with Gasteiger partial charge in [-0.1, -0.05) is 0 Å². The van der Waals surface area contributed by atoms with Crippen LogP contribution >= 0.6 is 0 Å². The van der Waals surface area contributed by atoms with Crippen molar-refractivity contribution in [3.8, 4) is 5.75 Å². The summed E-state index contributed by atoms with van der Waals surface area (Å²) >= 11 is 0. The molecule has 7 nitrogen and oxygen atoms in total. The molecular formula is C14H21N3O4. The molecule has 21 heavy (non-hydrogen) atoms. The minimum Gasteiger partial charge on any atom is -0.487 e. The molecule has 0 heterocycles. The third-order valence-corrected chi connectivity index (χ3v) is 2.42. The monoisotopic (exact) mass is 295 g/mol. The predicted octanol–water partition coefficient (Wildman–Crippen LogP) is 2.32. The van der Waals surface area contributed by atoms with Crippen molar-refractivity contribution in [1.29, 1.82) is 0 Å². The second-order valence-electron chi connectivity index (χ2n) is 5.52. The van der Waals surface area contributed by atoms with Crippen LogP contribution in [0.4, 0.5) is 11.4 Å². The number of rotatable bonds is 6. The zero-order valence-electron chi connectivity index (χ0n) is 12.7. The minimum atomic E-state index is -0.499. The van der Waals surface area contributed by atoms with Crippen molar-refractivity contribution < 1.29 is 14.5 Å². The maximum absolute atomic E-state index is 11.7. The number of anilines is 1. The minimum absolute atomic E-state index is 0.0840. The molecule has 0 bridgehead atoms. The van der Waals surface area contributed by atoms with E-state index in [0.29, 0.717) is 12.3 Å². The normalized spacial score (nSPS) is 10.9. The number of nitrogens with one attached hydrogen (secondary N) is 2. The third-order valence-electron chi connectivity index (χ3n) is 2.42. The number of nitro benzene ring substituents is 1. The SMILES string of the molecule is CCOc1cc(NCC(=O)NC(C)(C)C)ccc1[N+](=O)[O-]. The maximum atomic E-state index is 11.7. The fourth-order valence-electron chi connectivity index (χ4n) is 1.69. The molecule has 2 N–H and O–H groups in total. The number of hydrogen-bond donors (Lipinski definition) is 2. The van der Waals surface area contributed by atoms with Crippen molar-refractivity contribution in [2.24, 2.45) is 0 Å². The van der Waals surface area contributed by atoms with Crippen LogP contribution in [0.5, 0.6) is 5.75 Å². The molecule has 0 saturated heterocycles. The van der Waals surface area contributed by atoms with Gasteiger partial charge in [0.2, 0.25) is 5.91 Å². The van der Waals surface area contributed by atoms with E-state index in [9.17, 15) is 14.9 Å². The number of hydrogen-bond acceptors (Lipinski definition) is 5.